The van der Waals surface area contributed by atoms with Crippen molar-refractivity contribution in [2.45, 2.75) is 58.5 Å². The Morgan fingerprint density at radius 3 is 2.42 bits per heavy atom. The second-order valence-corrected chi connectivity index (χ2v) is 5.45. The molecule has 0 amide bonds. The molecule has 0 spiro atoms. The fraction of sp³-hybridized carbons (Fsp3) is 1.00. The van der Waals surface area contributed by atoms with Gasteiger partial charge in [-0.25, -0.2) is 0 Å². The molecule has 2 saturated carbocycles. The van der Waals surface area contributed by atoms with Gasteiger partial charge >= 0.3 is 0 Å². The molecular weight excluding hydrogens is 146 g/mol. The van der Waals surface area contributed by atoms with Crippen molar-refractivity contribution in [3.05, 3.63) is 0 Å². The fourth-order valence-corrected chi connectivity index (χ4v) is 2.60. The molecule has 0 radical (unpaired) electrons. The molecule has 2 rings (SSSR count). The first-order chi connectivity index (χ1) is 5.61. The van der Waals surface area contributed by atoms with Crippen LogP contribution in [-0.2, 0) is 0 Å². The van der Waals surface area contributed by atoms with Crippen molar-refractivity contribution in [2.75, 3.05) is 0 Å². The Balaban J connectivity index is 1.65. The molecule has 0 saturated heterocycles. The van der Waals surface area contributed by atoms with Crippen LogP contribution in [0.1, 0.15) is 46.5 Å². The zero-order valence-electron chi connectivity index (χ0n) is 8.56. The molecular formula is C11H21N. The summed E-state index contributed by atoms with van der Waals surface area (Å²) in [6, 6.07) is 1.73. The highest BCUT2D eigenvalue weighted by Gasteiger charge is 2.42. The monoisotopic (exact) mass is 167 g/mol. The molecule has 0 bridgehead atoms. The van der Waals surface area contributed by atoms with E-state index in [1.165, 1.54) is 25.7 Å². The van der Waals surface area contributed by atoms with E-state index in [-0.39, 0.29) is 0 Å². The molecule has 1 N–H and O–H groups in total. The minimum absolute atomic E-state index is 0.633. The molecule has 0 aromatic carbocycles. The first kappa shape index (κ1) is 8.55. The summed E-state index contributed by atoms with van der Waals surface area (Å²) >= 11 is 0. The second-order valence-electron chi connectivity index (χ2n) is 5.45. The Kier molecular flexibility index (Phi) is 1.95. The quantitative estimate of drug-likeness (QED) is 0.681. The molecule has 2 unspecified atom stereocenters. The normalized spacial score (nSPS) is 39.2. The topological polar surface area (TPSA) is 12.0 Å². The van der Waals surface area contributed by atoms with Crippen LogP contribution in [0, 0.1) is 11.3 Å². The van der Waals surface area contributed by atoms with Crippen LogP contribution in [0.15, 0.2) is 0 Å². The van der Waals surface area contributed by atoms with Gasteiger partial charge in [0.25, 0.3) is 0 Å². The largest absolute Gasteiger partial charge is 0.311 e. The van der Waals surface area contributed by atoms with Crippen molar-refractivity contribution >= 4 is 0 Å². The van der Waals surface area contributed by atoms with Crippen LogP contribution in [0.2, 0.25) is 0 Å². The minimum Gasteiger partial charge on any atom is -0.311 e. The Labute approximate surface area is 75.9 Å². The third-order valence-electron chi connectivity index (χ3n) is 3.49. The van der Waals surface area contributed by atoms with E-state index in [0.717, 1.165) is 18.0 Å². The van der Waals surface area contributed by atoms with Crippen molar-refractivity contribution in [1.29, 1.82) is 0 Å². The van der Waals surface area contributed by atoms with E-state index in [2.05, 4.69) is 26.1 Å². The lowest BCUT2D eigenvalue weighted by molar-refractivity contribution is 0.124. The molecule has 0 aromatic heterocycles. The maximum atomic E-state index is 3.75. The Bertz CT molecular complexity index is 166. The van der Waals surface area contributed by atoms with E-state index in [1.807, 2.05) is 0 Å². The number of nitrogens with one attached hydrogen (secondary N) is 1. The standard InChI is InChI=1S/C11H21N/c1-4-8-5-10(8)12-9-6-11(2,3)7-9/h8-10,12H,4-7H2,1-3H3. The van der Waals surface area contributed by atoms with Crippen molar-refractivity contribution in [3.63, 3.8) is 0 Å². The number of rotatable bonds is 3. The predicted molar refractivity (Wildman–Crippen MR) is 52.1 cm³/mol. The summed E-state index contributed by atoms with van der Waals surface area (Å²) in [5.41, 5.74) is 0.633. The third-order valence-corrected chi connectivity index (χ3v) is 3.49. The van der Waals surface area contributed by atoms with Crippen LogP contribution in [0.5, 0.6) is 0 Å². The highest BCUT2D eigenvalue weighted by molar-refractivity contribution is 4.99. The lowest BCUT2D eigenvalue weighted by Gasteiger charge is -2.43. The number of hydrogen-bond acceptors (Lipinski definition) is 1. The van der Waals surface area contributed by atoms with E-state index in [4.69, 9.17) is 0 Å². The predicted octanol–water partition coefficient (Wildman–Crippen LogP) is 2.56. The molecule has 1 nitrogen and oxygen atoms in total. The van der Waals surface area contributed by atoms with Gasteiger partial charge in [-0.2, -0.15) is 0 Å². The van der Waals surface area contributed by atoms with Crippen molar-refractivity contribution in [1.82, 2.24) is 5.32 Å². The molecule has 2 fully saturated rings. The van der Waals surface area contributed by atoms with Crippen LogP contribution in [0.25, 0.3) is 0 Å². The zero-order chi connectivity index (χ0) is 8.77. The van der Waals surface area contributed by atoms with Gasteiger partial charge in [-0.05, 0) is 30.6 Å². The van der Waals surface area contributed by atoms with Crippen molar-refractivity contribution in [3.8, 4) is 0 Å². The second kappa shape index (κ2) is 2.73. The van der Waals surface area contributed by atoms with Gasteiger partial charge in [0.05, 0.1) is 0 Å². The van der Waals surface area contributed by atoms with E-state index in [9.17, 15) is 0 Å². The summed E-state index contributed by atoms with van der Waals surface area (Å²) in [7, 11) is 0. The van der Waals surface area contributed by atoms with E-state index in [0.29, 0.717) is 5.41 Å². The lowest BCUT2D eigenvalue weighted by Crippen LogP contribution is -2.47. The molecule has 0 aliphatic heterocycles. The van der Waals surface area contributed by atoms with Crippen LogP contribution < -0.4 is 5.32 Å². The van der Waals surface area contributed by atoms with E-state index >= 15 is 0 Å². The van der Waals surface area contributed by atoms with Crippen LogP contribution >= 0.6 is 0 Å². The van der Waals surface area contributed by atoms with Crippen LogP contribution in [0.3, 0.4) is 0 Å². The number of hydrogen-bond donors (Lipinski definition) is 1. The summed E-state index contributed by atoms with van der Waals surface area (Å²) in [6.45, 7) is 7.04. The fourth-order valence-electron chi connectivity index (χ4n) is 2.60. The smallest absolute Gasteiger partial charge is 0.0102 e. The summed E-state index contributed by atoms with van der Waals surface area (Å²) in [5, 5.41) is 3.75. The molecule has 70 valence electrons. The first-order valence-corrected chi connectivity index (χ1v) is 5.37. The van der Waals surface area contributed by atoms with Gasteiger partial charge in [-0.1, -0.05) is 27.2 Å². The highest BCUT2D eigenvalue weighted by Crippen LogP contribution is 2.42. The van der Waals surface area contributed by atoms with E-state index < -0.39 is 0 Å². The molecule has 12 heavy (non-hydrogen) atoms. The van der Waals surface area contributed by atoms with Crippen LogP contribution in [0.4, 0.5) is 0 Å². The summed E-state index contributed by atoms with van der Waals surface area (Å²) in [5.74, 6) is 1.01. The Hall–Kier alpha value is -0.0400. The molecule has 1 heteroatoms. The van der Waals surface area contributed by atoms with Gasteiger partial charge < -0.3 is 5.32 Å². The van der Waals surface area contributed by atoms with Gasteiger partial charge in [-0.3, -0.25) is 0 Å². The average Bonchev–Trinajstić information content (AvgIpc) is 2.63. The molecule has 2 aliphatic rings. The first-order valence-electron chi connectivity index (χ1n) is 5.37. The van der Waals surface area contributed by atoms with Gasteiger partial charge in [0.2, 0.25) is 0 Å². The highest BCUT2D eigenvalue weighted by atomic mass is 15.0. The van der Waals surface area contributed by atoms with Gasteiger partial charge in [0, 0.05) is 12.1 Å². The molecule has 2 aliphatic carbocycles. The minimum atomic E-state index is 0.633. The van der Waals surface area contributed by atoms with Gasteiger partial charge in [-0.15, -0.1) is 0 Å². The van der Waals surface area contributed by atoms with Crippen LogP contribution in [-0.4, -0.2) is 12.1 Å². The maximum absolute atomic E-state index is 3.75. The SMILES string of the molecule is CCC1CC1NC1CC(C)(C)C1. The third kappa shape index (κ3) is 1.66. The van der Waals surface area contributed by atoms with Crippen molar-refractivity contribution < 1.29 is 0 Å². The summed E-state index contributed by atoms with van der Waals surface area (Å²) in [4.78, 5) is 0. The van der Waals surface area contributed by atoms with Gasteiger partial charge in [0.1, 0.15) is 0 Å². The molecule has 0 aromatic rings. The molecule has 0 heterocycles. The van der Waals surface area contributed by atoms with Crippen molar-refractivity contribution in [2.24, 2.45) is 11.3 Å². The zero-order valence-corrected chi connectivity index (χ0v) is 8.56. The Morgan fingerprint density at radius 2 is 2.00 bits per heavy atom. The average molecular weight is 167 g/mol. The maximum Gasteiger partial charge on any atom is 0.0102 e. The lowest BCUT2D eigenvalue weighted by atomic mass is 9.68. The summed E-state index contributed by atoms with van der Waals surface area (Å²) < 4.78 is 0. The van der Waals surface area contributed by atoms with Gasteiger partial charge in [0.15, 0.2) is 0 Å². The Morgan fingerprint density at radius 1 is 1.33 bits per heavy atom. The summed E-state index contributed by atoms with van der Waals surface area (Å²) in [6.07, 6.45) is 5.58. The molecule has 2 atom stereocenters. The van der Waals surface area contributed by atoms with E-state index in [1.54, 1.807) is 0 Å².